The van der Waals surface area contributed by atoms with Gasteiger partial charge in [0.25, 0.3) is 0 Å². The molecule has 2 N–H and O–H groups in total. The Morgan fingerprint density at radius 1 is 0.727 bits per heavy atom. The van der Waals surface area contributed by atoms with E-state index < -0.39 is 23.7 Å². The molecule has 0 unspecified atom stereocenters. The molecule has 14 heteroatoms. The lowest BCUT2D eigenvalue weighted by molar-refractivity contribution is -0.205. The number of hydrogen-bond acceptors (Lipinski definition) is 6. The lowest BCUT2D eigenvalue weighted by Crippen LogP contribution is -2.58. The molecule has 22 heavy (non-hydrogen) atoms. The summed E-state index contributed by atoms with van der Waals surface area (Å²) >= 11 is 0. The highest BCUT2D eigenvalue weighted by molar-refractivity contribution is 6.00. The van der Waals surface area contributed by atoms with E-state index in [9.17, 15) is 27.2 Å². The van der Waals surface area contributed by atoms with Gasteiger partial charge in [0, 0.05) is 0 Å². The summed E-state index contributed by atoms with van der Waals surface area (Å²) in [5.74, 6) is -15.5. The van der Waals surface area contributed by atoms with Gasteiger partial charge in [0.15, 0.2) is 0 Å². The van der Waals surface area contributed by atoms with Gasteiger partial charge in [-0.3, -0.25) is 20.4 Å². The van der Waals surface area contributed by atoms with Crippen LogP contribution < -0.4 is 10.9 Å². The third-order valence-corrected chi connectivity index (χ3v) is 2.26. The van der Waals surface area contributed by atoms with Crippen molar-refractivity contribution in [3.8, 4) is 0 Å². The second-order valence-corrected chi connectivity index (χ2v) is 3.77. The topological polar surface area (TPSA) is 120 Å². The first kappa shape index (κ1) is 15.3. The van der Waals surface area contributed by atoms with Crippen LogP contribution in [0, 0.1) is 0 Å². The second-order valence-electron chi connectivity index (χ2n) is 3.77. The number of carbonyl (C=O) groups excluding carboxylic acids is 2. The van der Waals surface area contributed by atoms with Gasteiger partial charge in [0.1, 0.15) is 25.3 Å². The molecule has 0 fully saturated rings. The summed E-state index contributed by atoms with van der Waals surface area (Å²) in [5, 5.41) is 12.7. The fourth-order valence-electron chi connectivity index (χ4n) is 1.18. The van der Waals surface area contributed by atoms with Crippen molar-refractivity contribution >= 4 is 11.8 Å². The van der Waals surface area contributed by atoms with Crippen molar-refractivity contribution in [3.63, 3.8) is 0 Å². The monoisotopic (exact) mass is 322 g/mol. The normalized spacial score (nSPS) is 12.0. The molecule has 2 aromatic rings. The maximum Gasteiger partial charge on any atom is 0.397 e. The van der Waals surface area contributed by atoms with Crippen molar-refractivity contribution in [2.75, 3.05) is 10.9 Å². The summed E-state index contributed by atoms with van der Waals surface area (Å²) < 4.78 is 55.2. The molecule has 0 saturated heterocycles. The lowest BCUT2D eigenvalue weighted by Gasteiger charge is -2.24. The minimum absolute atomic E-state index is 0.518. The van der Waals surface area contributed by atoms with E-state index in [4.69, 9.17) is 0 Å². The Morgan fingerprint density at radius 3 is 1.27 bits per heavy atom. The molecule has 118 valence electrons. The van der Waals surface area contributed by atoms with Crippen LogP contribution in [-0.4, -0.2) is 53.4 Å². The molecule has 0 aromatic carbocycles. The van der Waals surface area contributed by atoms with Crippen LogP contribution in [0.15, 0.2) is 25.3 Å². The number of alkyl halides is 4. The van der Waals surface area contributed by atoms with Crippen molar-refractivity contribution in [2.45, 2.75) is 11.8 Å². The lowest BCUT2D eigenvalue weighted by atomic mass is 10.1. The van der Waals surface area contributed by atoms with Gasteiger partial charge in [0.05, 0.1) is 0 Å². The average molecular weight is 322 g/mol. The Hall–Kier alpha value is -3.06. The molecule has 2 amide bonds. The Balaban J connectivity index is 2.14. The fraction of sp³-hybridized carbons (Fsp3) is 0.250. The van der Waals surface area contributed by atoms with Crippen LogP contribution in [0.4, 0.5) is 17.6 Å². The van der Waals surface area contributed by atoms with E-state index in [2.05, 4.69) is 20.4 Å². The average Bonchev–Trinajstić information content (AvgIpc) is 3.11. The maximum atomic E-state index is 13.5. The highest BCUT2D eigenvalue weighted by Crippen LogP contribution is 2.35. The van der Waals surface area contributed by atoms with Crippen molar-refractivity contribution in [1.29, 1.82) is 0 Å². The molecule has 0 aliphatic heterocycles. The largest absolute Gasteiger partial charge is 0.397 e. The highest BCUT2D eigenvalue weighted by atomic mass is 19.3. The van der Waals surface area contributed by atoms with E-state index in [0.717, 1.165) is 25.3 Å². The first-order valence-electron chi connectivity index (χ1n) is 5.33. The van der Waals surface area contributed by atoms with Gasteiger partial charge in [-0.2, -0.15) is 17.6 Å². The van der Waals surface area contributed by atoms with Gasteiger partial charge in [0.2, 0.25) is 0 Å². The number of nitrogens with one attached hydrogen (secondary N) is 2. The Bertz CT molecular complexity index is 598. The summed E-state index contributed by atoms with van der Waals surface area (Å²) in [4.78, 5) is 22.5. The van der Waals surface area contributed by atoms with Crippen LogP contribution in [0.25, 0.3) is 0 Å². The van der Waals surface area contributed by atoms with E-state index in [1.165, 1.54) is 10.9 Å². The zero-order valence-electron chi connectivity index (χ0n) is 10.3. The molecule has 0 radical (unpaired) electrons. The van der Waals surface area contributed by atoms with Gasteiger partial charge < -0.3 is 0 Å². The smallest absolute Gasteiger partial charge is 0.266 e. The number of hydrogen-bond donors (Lipinski definition) is 2. The van der Waals surface area contributed by atoms with Crippen molar-refractivity contribution < 1.29 is 27.2 Å². The zero-order valence-corrected chi connectivity index (χ0v) is 10.3. The number of amides is 2. The SMILES string of the molecule is O=C(Nn1cnnc1)C(F)(F)C(F)(F)C(=O)Nn1cnnc1. The van der Waals surface area contributed by atoms with Gasteiger partial charge in [-0.1, -0.05) is 0 Å². The first-order chi connectivity index (χ1) is 10.2. The van der Waals surface area contributed by atoms with E-state index in [1.807, 2.05) is 0 Å². The molecular formula is C8H6F4N8O2. The molecule has 0 saturated carbocycles. The van der Waals surface area contributed by atoms with Crippen LogP contribution in [0.5, 0.6) is 0 Å². The minimum Gasteiger partial charge on any atom is -0.266 e. The molecule has 0 bridgehead atoms. The summed E-state index contributed by atoms with van der Waals surface area (Å²) in [7, 11) is 0. The van der Waals surface area contributed by atoms with Crippen LogP contribution in [-0.2, 0) is 9.59 Å². The quantitative estimate of drug-likeness (QED) is 0.680. The third-order valence-electron chi connectivity index (χ3n) is 2.26. The number of carbonyl (C=O) groups is 2. The number of rotatable bonds is 5. The standard InChI is InChI=1S/C8H6F4N8O2/c9-7(10,5(21)17-19-1-13-14-2-19)8(11,12)6(22)18-20-3-15-16-4-20/h1-4H,(H,17,21)(H,18,22). The summed E-state index contributed by atoms with van der Waals surface area (Å²) in [6.45, 7) is 0. The van der Waals surface area contributed by atoms with Gasteiger partial charge >= 0.3 is 23.7 Å². The van der Waals surface area contributed by atoms with Gasteiger partial charge in [-0.25, -0.2) is 9.35 Å². The first-order valence-corrected chi connectivity index (χ1v) is 5.33. The Kier molecular flexibility index (Phi) is 3.75. The van der Waals surface area contributed by atoms with Crippen molar-refractivity contribution in [3.05, 3.63) is 25.3 Å². The van der Waals surface area contributed by atoms with E-state index in [-0.39, 0.29) is 0 Å². The summed E-state index contributed by atoms with van der Waals surface area (Å²) in [6.07, 6.45) is 3.12. The van der Waals surface area contributed by atoms with Crippen LogP contribution in [0.1, 0.15) is 0 Å². The highest BCUT2D eigenvalue weighted by Gasteiger charge is 2.67. The minimum atomic E-state index is -5.34. The maximum absolute atomic E-state index is 13.5. The van der Waals surface area contributed by atoms with E-state index in [1.54, 1.807) is 0 Å². The van der Waals surface area contributed by atoms with Gasteiger partial charge in [-0.15, -0.1) is 20.4 Å². The molecule has 2 aromatic heterocycles. The van der Waals surface area contributed by atoms with Crippen LogP contribution in [0.3, 0.4) is 0 Å². The van der Waals surface area contributed by atoms with Gasteiger partial charge in [-0.05, 0) is 0 Å². The zero-order chi connectivity index (χ0) is 16.4. The number of aromatic nitrogens is 6. The second kappa shape index (κ2) is 5.38. The molecule has 2 heterocycles. The van der Waals surface area contributed by atoms with Crippen LogP contribution >= 0.6 is 0 Å². The molecule has 0 spiro atoms. The molecule has 0 aliphatic rings. The third kappa shape index (κ3) is 2.70. The Morgan fingerprint density at radius 2 is 1.00 bits per heavy atom. The molecule has 2 rings (SSSR count). The predicted molar refractivity (Wildman–Crippen MR) is 58.7 cm³/mol. The van der Waals surface area contributed by atoms with Crippen molar-refractivity contribution in [1.82, 2.24) is 29.7 Å². The summed E-state index contributed by atoms with van der Waals surface area (Å²) in [5.41, 5.74) is 2.79. The predicted octanol–water partition coefficient (Wildman–Crippen LogP) is -1.02. The summed E-state index contributed by atoms with van der Waals surface area (Å²) in [6, 6.07) is 0. The van der Waals surface area contributed by atoms with E-state index >= 15 is 0 Å². The fourth-order valence-corrected chi connectivity index (χ4v) is 1.18. The molecule has 0 aliphatic carbocycles. The van der Waals surface area contributed by atoms with Crippen molar-refractivity contribution in [2.24, 2.45) is 0 Å². The molecular weight excluding hydrogens is 316 g/mol. The number of nitrogens with zero attached hydrogens (tertiary/aromatic N) is 6. The molecule has 10 nitrogen and oxygen atoms in total. The van der Waals surface area contributed by atoms with Crippen LogP contribution in [0.2, 0.25) is 0 Å². The number of halogens is 4. The van der Waals surface area contributed by atoms with E-state index in [0.29, 0.717) is 9.35 Å². The Labute approximate surface area is 118 Å². The molecule has 0 atom stereocenters.